The van der Waals surface area contributed by atoms with Gasteiger partial charge >= 0.3 is 6.18 Å². The number of alkyl halides is 3. The fourth-order valence-corrected chi connectivity index (χ4v) is 5.57. The highest BCUT2D eigenvalue weighted by Gasteiger charge is 2.58. The van der Waals surface area contributed by atoms with Crippen LogP contribution in [0.25, 0.3) is 11.1 Å². The van der Waals surface area contributed by atoms with E-state index >= 15 is 0 Å². The molecule has 0 N–H and O–H groups in total. The summed E-state index contributed by atoms with van der Waals surface area (Å²) in [5, 5.41) is 0. The maximum atomic E-state index is 14.8. The number of carbonyl (C=O) groups excluding carboxylic acids is 2. The van der Waals surface area contributed by atoms with Crippen LogP contribution in [-0.2, 0) is 4.79 Å². The van der Waals surface area contributed by atoms with Crippen molar-refractivity contribution in [2.24, 2.45) is 11.3 Å². The Bertz CT molecular complexity index is 1170. The quantitative estimate of drug-likeness (QED) is 0.462. The monoisotopic (exact) mass is 533 g/mol. The third-order valence-electron chi connectivity index (χ3n) is 8.19. The molecule has 38 heavy (non-hydrogen) atoms. The van der Waals surface area contributed by atoms with Gasteiger partial charge in [-0.15, -0.1) is 0 Å². The average Bonchev–Trinajstić information content (AvgIpc) is 3.31. The summed E-state index contributed by atoms with van der Waals surface area (Å²) in [6, 6.07) is 7.60. The van der Waals surface area contributed by atoms with Gasteiger partial charge in [0.25, 0.3) is 5.91 Å². The van der Waals surface area contributed by atoms with Crippen LogP contribution in [0.5, 0.6) is 5.88 Å². The van der Waals surface area contributed by atoms with Crippen molar-refractivity contribution in [1.82, 2.24) is 14.8 Å². The van der Waals surface area contributed by atoms with E-state index in [0.29, 0.717) is 56.1 Å². The Kier molecular flexibility index (Phi) is 7.44. The Morgan fingerprint density at radius 1 is 1.11 bits per heavy atom. The van der Waals surface area contributed by atoms with Gasteiger partial charge in [0, 0.05) is 48.5 Å². The zero-order chi connectivity index (χ0) is 26.9. The normalized spacial score (nSPS) is 20.4. The second-order valence-electron chi connectivity index (χ2n) is 10.8. The lowest BCUT2D eigenvalue weighted by molar-refractivity contribution is -0.256. The van der Waals surface area contributed by atoms with Gasteiger partial charge in [-0.2, -0.15) is 13.2 Å². The Morgan fingerprint density at radius 3 is 2.42 bits per heavy atom. The highest BCUT2D eigenvalue weighted by molar-refractivity contribution is 5.99. The van der Waals surface area contributed by atoms with Crippen molar-refractivity contribution in [3.63, 3.8) is 0 Å². The van der Waals surface area contributed by atoms with Crippen LogP contribution in [0.2, 0.25) is 0 Å². The third kappa shape index (κ3) is 5.55. The molecule has 0 radical (unpaired) electrons. The third-order valence-corrected chi connectivity index (χ3v) is 8.19. The summed E-state index contributed by atoms with van der Waals surface area (Å²) in [6.45, 7) is 2.19. The Hall–Kier alpha value is -3.01. The molecule has 0 spiro atoms. The van der Waals surface area contributed by atoms with Crippen molar-refractivity contribution in [1.29, 1.82) is 0 Å². The second kappa shape index (κ2) is 10.6. The number of pyridine rings is 1. The van der Waals surface area contributed by atoms with Crippen molar-refractivity contribution in [2.45, 2.75) is 44.7 Å². The van der Waals surface area contributed by atoms with Crippen molar-refractivity contribution < 1.29 is 31.9 Å². The largest absolute Gasteiger partial charge is 0.477 e. The Morgan fingerprint density at radius 2 is 1.87 bits per heavy atom. The highest BCUT2D eigenvalue weighted by atomic mass is 19.4. The van der Waals surface area contributed by atoms with Gasteiger partial charge in [0.1, 0.15) is 5.82 Å². The van der Waals surface area contributed by atoms with Gasteiger partial charge in [0.15, 0.2) is 5.78 Å². The predicted molar refractivity (Wildman–Crippen MR) is 132 cm³/mol. The Labute approximate surface area is 219 Å². The van der Waals surface area contributed by atoms with E-state index in [-0.39, 0.29) is 49.1 Å². The lowest BCUT2D eigenvalue weighted by Crippen LogP contribution is -2.53. The number of halogens is 4. The molecule has 0 atom stereocenters. The molecule has 204 valence electrons. The second-order valence-corrected chi connectivity index (χ2v) is 10.8. The van der Waals surface area contributed by atoms with Crippen LogP contribution >= 0.6 is 0 Å². The number of ketones is 1. The number of rotatable bonds is 7. The van der Waals surface area contributed by atoms with Gasteiger partial charge in [0.2, 0.25) is 5.88 Å². The topological polar surface area (TPSA) is 62.7 Å². The molecular formula is C28H31F4N3O3. The van der Waals surface area contributed by atoms with Gasteiger partial charge in [-0.25, -0.2) is 9.37 Å². The fraction of sp³-hybridized carbons (Fsp3) is 0.536. The number of nitrogens with zero attached hydrogens (tertiary/aromatic N) is 3. The number of benzene rings is 1. The van der Waals surface area contributed by atoms with E-state index in [1.807, 2.05) is 4.90 Å². The minimum atomic E-state index is -4.14. The molecule has 3 fully saturated rings. The summed E-state index contributed by atoms with van der Waals surface area (Å²) in [7, 11) is 0. The van der Waals surface area contributed by atoms with E-state index < -0.39 is 17.4 Å². The lowest BCUT2D eigenvalue weighted by atomic mass is 9.67. The van der Waals surface area contributed by atoms with Crippen LogP contribution in [-0.4, -0.2) is 72.0 Å². The number of likely N-dealkylation sites (tertiary alicyclic amines) is 2. The number of aromatic nitrogens is 1. The number of amides is 1. The number of Topliss-reactive ketones (excluding diaryl/α,β-unsaturated/α-hetero) is 1. The van der Waals surface area contributed by atoms with E-state index in [9.17, 15) is 27.2 Å². The van der Waals surface area contributed by atoms with Gasteiger partial charge in [0.05, 0.1) is 18.6 Å². The molecule has 3 aliphatic rings. The molecule has 5 rings (SSSR count). The molecular weight excluding hydrogens is 502 g/mol. The maximum Gasteiger partial charge on any atom is 0.395 e. The van der Waals surface area contributed by atoms with Gasteiger partial charge in [-0.1, -0.05) is 12.5 Å². The summed E-state index contributed by atoms with van der Waals surface area (Å²) in [4.78, 5) is 31.6. The van der Waals surface area contributed by atoms with Crippen molar-refractivity contribution in [2.75, 3.05) is 39.3 Å². The molecule has 2 aromatic rings. The lowest BCUT2D eigenvalue weighted by Gasteiger charge is -2.47. The summed E-state index contributed by atoms with van der Waals surface area (Å²) in [5.41, 5.74) is -0.492. The molecule has 6 nitrogen and oxygen atoms in total. The van der Waals surface area contributed by atoms with Gasteiger partial charge in [-0.05, 0) is 62.9 Å². The minimum Gasteiger partial charge on any atom is -0.477 e. The van der Waals surface area contributed by atoms with Crippen molar-refractivity contribution in [3.8, 4) is 17.0 Å². The summed E-state index contributed by atoms with van der Waals surface area (Å²) < 4.78 is 61.1. The fourth-order valence-electron chi connectivity index (χ4n) is 5.57. The van der Waals surface area contributed by atoms with Crippen molar-refractivity contribution in [3.05, 3.63) is 47.9 Å². The van der Waals surface area contributed by atoms with Crippen LogP contribution < -0.4 is 4.74 Å². The predicted octanol–water partition coefficient (Wildman–Crippen LogP) is 5.13. The number of hydrogen-bond acceptors (Lipinski definition) is 5. The van der Waals surface area contributed by atoms with Crippen LogP contribution in [0.4, 0.5) is 17.6 Å². The molecule has 3 heterocycles. The zero-order valence-electron chi connectivity index (χ0n) is 21.1. The molecule has 1 aromatic carbocycles. The van der Waals surface area contributed by atoms with E-state index in [1.54, 1.807) is 18.2 Å². The summed E-state index contributed by atoms with van der Waals surface area (Å²) in [5.74, 6) is -0.288. The first kappa shape index (κ1) is 26.6. The molecule has 0 unspecified atom stereocenters. The first-order valence-electron chi connectivity index (χ1n) is 13.1. The van der Waals surface area contributed by atoms with Crippen LogP contribution in [0.3, 0.4) is 0 Å². The summed E-state index contributed by atoms with van der Waals surface area (Å²) >= 11 is 0. The first-order valence-corrected chi connectivity index (χ1v) is 13.1. The SMILES string of the molecule is O=C1CCN(C(=O)c2ccc(-c3ccc(OCC4CCN(CC5(C(F)(F)F)CCC5)CC4)nc3)c(F)c2)C1. The van der Waals surface area contributed by atoms with E-state index in [4.69, 9.17) is 4.74 Å². The van der Waals surface area contributed by atoms with Crippen molar-refractivity contribution >= 4 is 11.7 Å². The molecule has 1 saturated carbocycles. The zero-order valence-corrected chi connectivity index (χ0v) is 21.1. The highest BCUT2D eigenvalue weighted by Crippen LogP contribution is 2.53. The molecule has 1 amide bonds. The van der Waals surface area contributed by atoms with E-state index in [2.05, 4.69) is 4.98 Å². The maximum absolute atomic E-state index is 14.8. The number of hydrogen-bond donors (Lipinski definition) is 0. The molecule has 1 aliphatic carbocycles. The van der Waals surface area contributed by atoms with Crippen LogP contribution in [0.15, 0.2) is 36.5 Å². The number of ether oxygens (including phenoxy) is 1. The minimum absolute atomic E-state index is 0.00270. The molecule has 0 bridgehead atoms. The molecule has 1 aromatic heterocycles. The van der Waals surface area contributed by atoms with Gasteiger partial charge < -0.3 is 14.5 Å². The number of piperidine rings is 1. The van der Waals surface area contributed by atoms with Crippen LogP contribution in [0.1, 0.15) is 48.9 Å². The molecule has 2 aliphatic heterocycles. The Balaban J connectivity index is 1.11. The standard InChI is InChI=1S/C28H31F4N3O3/c29-24-14-20(26(37)35-13-8-22(36)16-35)2-4-23(24)21-3-5-25(33-15-21)38-17-19-6-11-34(12-7-19)18-27(9-1-10-27)28(30,31)32/h2-5,14-15,19H,1,6-13,16-18H2. The van der Waals surface area contributed by atoms with Gasteiger partial charge in [-0.3, -0.25) is 9.59 Å². The van der Waals surface area contributed by atoms with E-state index in [1.165, 1.54) is 23.2 Å². The van der Waals surface area contributed by atoms with Crippen LogP contribution in [0, 0.1) is 17.2 Å². The average molecular weight is 534 g/mol. The molecule has 10 heteroatoms. The smallest absolute Gasteiger partial charge is 0.395 e. The summed E-state index contributed by atoms with van der Waals surface area (Å²) in [6.07, 6.45) is 0.347. The molecule has 2 saturated heterocycles. The first-order chi connectivity index (χ1) is 18.1. The van der Waals surface area contributed by atoms with E-state index in [0.717, 1.165) is 12.8 Å². The number of carbonyl (C=O) groups is 2.